The quantitative estimate of drug-likeness (QED) is 0.514. The van der Waals surface area contributed by atoms with Crippen LogP contribution in [0.1, 0.15) is 46.5 Å². The Morgan fingerprint density at radius 1 is 1.12 bits per heavy atom. The van der Waals surface area contributed by atoms with Crippen LogP contribution >= 0.6 is 11.3 Å². The van der Waals surface area contributed by atoms with Crippen molar-refractivity contribution in [3.05, 3.63) is 70.7 Å². The van der Waals surface area contributed by atoms with Crippen molar-refractivity contribution in [1.82, 2.24) is 9.91 Å². The Kier molecular flexibility index (Phi) is 5.82. The molecule has 1 unspecified atom stereocenters. The second-order valence-corrected chi connectivity index (χ2v) is 8.69. The molecule has 2 amide bonds. The monoisotopic (exact) mass is 467 g/mol. The molecule has 2 atom stereocenters. The first kappa shape index (κ1) is 21.2. The molecule has 5 rings (SSSR count). The normalized spacial score (nSPS) is 20.2. The van der Waals surface area contributed by atoms with Crippen molar-refractivity contribution in [2.45, 2.75) is 31.3 Å². The van der Waals surface area contributed by atoms with Gasteiger partial charge in [0.15, 0.2) is 6.61 Å². The Labute approximate surface area is 193 Å². The smallest absolute Gasteiger partial charge is 0.329 e. The van der Waals surface area contributed by atoms with E-state index >= 15 is 0 Å². The summed E-state index contributed by atoms with van der Waals surface area (Å²) >= 11 is 1.33. The summed E-state index contributed by atoms with van der Waals surface area (Å²) in [5.41, 5.74) is 0.601. The van der Waals surface area contributed by atoms with Gasteiger partial charge in [0.2, 0.25) is 0 Å². The topological polar surface area (TPSA) is 106 Å². The van der Waals surface area contributed by atoms with Gasteiger partial charge in [0, 0.05) is 13.0 Å². The van der Waals surface area contributed by atoms with Crippen LogP contribution in [0.5, 0.6) is 0 Å². The number of thiophene rings is 1. The minimum absolute atomic E-state index is 0.194. The molecule has 170 valence electrons. The number of likely N-dealkylation sites (tertiary alicyclic amines) is 1. The van der Waals surface area contributed by atoms with E-state index in [4.69, 9.17) is 13.6 Å². The number of carbonyl (C=O) groups is 3. The highest BCUT2D eigenvalue weighted by Gasteiger charge is 2.38. The van der Waals surface area contributed by atoms with Gasteiger partial charge in [-0.1, -0.05) is 6.07 Å². The predicted octanol–water partition coefficient (Wildman–Crippen LogP) is 3.46. The molecule has 33 heavy (non-hydrogen) atoms. The number of hydrogen-bond donors (Lipinski definition) is 0. The highest BCUT2D eigenvalue weighted by molar-refractivity contribution is 7.12. The first-order chi connectivity index (χ1) is 16.1. The highest BCUT2D eigenvalue weighted by Crippen LogP contribution is 2.33. The Hall–Kier alpha value is -3.66. The highest BCUT2D eigenvalue weighted by atomic mass is 32.1. The van der Waals surface area contributed by atoms with Gasteiger partial charge in [-0.25, -0.2) is 9.80 Å². The Balaban J connectivity index is 1.26. The Morgan fingerprint density at radius 3 is 2.70 bits per heavy atom. The SMILES string of the molecule is O=C(OCC(=O)N1N=C(c2ccco2)CC1c1ccco1)[C@@H]1CCCN1C(=O)c1cccs1. The van der Waals surface area contributed by atoms with Gasteiger partial charge in [0.25, 0.3) is 11.8 Å². The van der Waals surface area contributed by atoms with Crippen molar-refractivity contribution in [1.29, 1.82) is 0 Å². The molecule has 0 N–H and O–H groups in total. The lowest BCUT2D eigenvalue weighted by Gasteiger charge is -2.23. The summed E-state index contributed by atoms with van der Waals surface area (Å²) in [5, 5.41) is 7.50. The summed E-state index contributed by atoms with van der Waals surface area (Å²) in [6.07, 6.45) is 4.68. The van der Waals surface area contributed by atoms with E-state index < -0.39 is 30.6 Å². The van der Waals surface area contributed by atoms with Gasteiger partial charge < -0.3 is 18.5 Å². The van der Waals surface area contributed by atoms with Crippen LogP contribution in [0.4, 0.5) is 0 Å². The first-order valence-electron chi connectivity index (χ1n) is 10.6. The third-order valence-electron chi connectivity index (χ3n) is 5.70. The maximum Gasteiger partial charge on any atom is 0.329 e. The van der Waals surface area contributed by atoms with E-state index in [9.17, 15) is 14.4 Å². The number of furan rings is 2. The zero-order valence-corrected chi connectivity index (χ0v) is 18.4. The molecule has 9 nitrogen and oxygen atoms in total. The summed E-state index contributed by atoms with van der Waals surface area (Å²) in [4.78, 5) is 40.5. The van der Waals surface area contributed by atoms with E-state index in [2.05, 4.69) is 5.10 Å². The number of ether oxygens (including phenoxy) is 1. The van der Waals surface area contributed by atoms with E-state index in [1.165, 1.54) is 33.8 Å². The lowest BCUT2D eigenvalue weighted by Crippen LogP contribution is -2.42. The van der Waals surface area contributed by atoms with E-state index in [1.807, 2.05) is 5.38 Å². The molecular weight excluding hydrogens is 446 g/mol. The summed E-state index contributed by atoms with van der Waals surface area (Å²) in [6.45, 7) is -0.00352. The maximum atomic E-state index is 13.0. The number of nitrogens with zero attached hydrogens (tertiary/aromatic N) is 3. The van der Waals surface area contributed by atoms with Gasteiger partial charge in [-0.15, -0.1) is 11.3 Å². The fourth-order valence-electron chi connectivity index (χ4n) is 4.13. The molecule has 0 spiro atoms. The summed E-state index contributed by atoms with van der Waals surface area (Å²) < 4.78 is 16.3. The Bertz CT molecular complexity index is 1150. The molecule has 2 aliphatic heterocycles. The van der Waals surface area contributed by atoms with Crippen molar-refractivity contribution >= 4 is 34.8 Å². The molecular formula is C23H21N3O6S. The van der Waals surface area contributed by atoms with Crippen LogP contribution in [0.3, 0.4) is 0 Å². The number of hydrazone groups is 1. The molecule has 0 radical (unpaired) electrons. The second-order valence-electron chi connectivity index (χ2n) is 7.74. The third-order valence-corrected chi connectivity index (χ3v) is 6.56. The van der Waals surface area contributed by atoms with Crippen LogP contribution in [0.15, 0.2) is 68.2 Å². The van der Waals surface area contributed by atoms with E-state index in [1.54, 1.807) is 36.4 Å². The van der Waals surface area contributed by atoms with Crippen LogP contribution in [-0.4, -0.2) is 52.6 Å². The largest absolute Gasteiger partial charge is 0.467 e. The Morgan fingerprint density at radius 2 is 1.97 bits per heavy atom. The van der Waals surface area contributed by atoms with Crippen LogP contribution in [0.2, 0.25) is 0 Å². The van der Waals surface area contributed by atoms with Crippen molar-refractivity contribution < 1.29 is 28.0 Å². The van der Waals surface area contributed by atoms with Crippen molar-refractivity contribution in [2.75, 3.05) is 13.2 Å². The molecule has 10 heteroatoms. The maximum absolute atomic E-state index is 13.0. The molecule has 0 aromatic carbocycles. The molecule has 1 fully saturated rings. The van der Waals surface area contributed by atoms with Gasteiger partial charge in [0.05, 0.1) is 17.4 Å². The fourth-order valence-corrected chi connectivity index (χ4v) is 4.81. The van der Waals surface area contributed by atoms with Gasteiger partial charge in [-0.3, -0.25) is 9.59 Å². The zero-order chi connectivity index (χ0) is 22.8. The lowest BCUT2D eigenvalue weighted by atomic mass is 10.1. The number of rotatable bonds is 6. The molecule has 5 heterocycles. The molecule has 3 aromatic heterocycles. The summed E-state index contributed by atoms with van der Waals surface area (Å²) in [5.74, 6) is -0.132. The van der Waals surface area contributed by atoms with Crippen molar-refractivity contribution in [3.8, 4) is 0 Å². The van der Waals surface area contributed by atoms with Crippen molar-refractivity contribution in [3.63, 3.8) is 0 Å². The summed E-state index contributed by atoms with van der Waals surface area (Å²) in [6, 6.07) is 9.38. The van der Waals surface area contributed by atoms with Crippen LogP contribution < -0.4 is 0 Å². The summed E-state index contributed by atoms with van der Waals surface area (Å²) in [7, 11) is 0. The predicted molar refractivity (Wildman–Crippen MR) is 117 cm³/mol. The first-order valence-corrected chi connectivity index (χ1v) is 11.5. The fraction of sp³-hybridized carbons (Fsp3) is 0.304. The van der Waals surface area contributed by atoms with Gasteiger partial charge >= 0.3 is 5.97 Å². The average molecular weight is 468 g/mol. The van der Waals surface area contributed by atoms with Crippen molar-refractivity contribution in [2.24, 2.45) is 5.10 Å². The zero-order valence-electron chi connectivity index (χ0n) is 17.6. The standard InChI is InChI=1S/C23H21N3O6S/c27-21(14-32-23(29)16-5-1-9-25(16)22(28)20-8-4-12-33-20)26-17(19-7-3-11-31-19)13-15(24-26)18-6-2-10-30-18/h2-4,6-8,10-12,16-17H,1,5,9,13-14H2/t16-,17?/m0/s1. The molecule has 2 aliphatic rings. The molecule has 0 aliphatic carbocycles. The van der Waals surface area contributed by atoms with Crippen LogP contribution in [-0.2, 0) is 14.3 Å². The number of amides is 2. The van der Waals surface area contributed by atoms with E-state index in [0.717, 1.165) is 0 Å². The number of carbonyl (C=O) groups excluding carboxylic acids is 3. The number of esters is 1. The lowest BCUT2D eigenvalue weighted by molar-refractivity contribution is -0.156. The molecule has 0 saturated carbocycles. The second kappa shape index (κ2) is 9.07. The van der Waals surface area contributed by atoms with E-state index in [-0.39, 0.29) is 5.91 Å². The van der Waals surface area contributed by atoms with E-state index in [0.29, 0.717) is 47.9 Å². The van der Waals surface area contributed by atoms with Gasteiger partial charge in [-0.05, 0) is 48.6 Å². The van der Waals surface area contributed by atoms with Gasteiger partial charge in [0.1, 0.15) is 29.3 Å². The minimum Gasteiger partial charge on any atom is -0.467 e. The molecule has 3 aromatic rings. The minimum atomic E-state index is -0.700. The molecule has 1 saturated heterocycles. The van der Waals surface area contributed by atoms with Gasteiger partial charge in [-0.2, -0.15) is 5.10 Å². The number of hydrogen-bond acceptors (Lipinski definition) is 8. The third kappa shape index (κ3) is 4.21. The van der Waals surface area contributed by atoms with Crippen LogP contribution in [0.25, 0.3) is 0 Å². The average Bonchev–Trinajstić information content (AvgIpc) is 3.63. The van der Waals surface area contributed by atoms with Crippen LogP contribution in [0, 0.1) is 0 Å². The molecule has 0 bridgehead atoms.